The van der Waals surface area contributed by atoms with E-state index in [1.807, 2.05) is 11.8 Å². The molecule has 1 heterocycles. The molecule has 8 nitrogen and oxygen atoms in total. The summed E-state index contributed by atoms with van der Waals surface area (Å²) in [5.41, 5.74) is 1.83. The van der Waals surface area contributed by atoms with E-state index in [0.717, 1.165) is 37.9 Å². The zero-order chi connectivity index (χ0) is 21.0. The highest BCUT2D eigenvalue weighted by molar-refractivity contribution is 7.80. The van der Waals surface area contributed by atoms with Gasteiger partial charge in [0.15, 0.2) is 5.11 Å². The number of phenols is 1. The van der Waals surface area contributed by atoms with Crippen molar-refractivity contribution in [3.8, 4) is 5.75 Å². The van der Waals surface area contributed by atoms with Gasteiger partial charge in [-0.25, -0.2) is 0 Å². The topological polar surface area (TPSA) is 108 Å². The number of hydrogen-bond acceptors (Lipinski definition) is 6. The third-order valence-corrected chi connectivity index (χ3v) is 4.96. The van der Waals surface area contributed by atoms with Crippen LogP contribution in [0, 0.1) is 17.0 Å². The van der Waals surface area contributed by atoms with Gasteiger partial charge in [0.1, 0.15) is 11.4 Å². The van der Waals surface area contributed by atoms with Crippen LogP contribution in [0.25, 0.3) is 0 Å². The Bertz CT molecular complexity index is 957. The monoisotopic (exact) mass is 414 g/mol. The molecule has 0 bridgehead atoms. The number of nitro groups is 1. The van der Waals surface area contributed by atoms with Crippen LogP contribution in [0.4, 0.5) is 17.1 Å². The maximum Gasteiger partial charge on any atom is 0.293 e. The SMILES string of the molecule is Cc1ccc(O)c(NC(=S)NC(=O)c2ccc(N3CCCCC3)c([N+](=O)[O-])c2)c1. The minimum absolute atomic E-state index is 0.00581. The van der Waals surface area contributed by atoms with Crippen molar-refractivity contribution >= 4 is 40.3 Å². The van der Waals surface area contributed by atoms with Crippen LogP contribution < -0.4 is 15.5 Å². The molecule has 2 aromatic rings. The molecule has 0 unspecified atom stereocenters. The van der Waals surface area contributed by atoms with Gasteiger partial charge in [-0.15, -0.1) is 0 Å². The third kappa shape index (κ3) is 5.00. The zero-order valence-electron chi connectivity index (χ0n) is 16.0. The van der Waals surface area contributed by atoms with Gasteiger partial charge in [0.2, 0.25) is 0 Å². The van der Waals surface area contributed by atoms with Crippen LogP contribution in [0.1, 0.15) is 35.2 Å². The number of carbonyl (C=O) groups excluding carboxylic acids is 1. The molecule has 1 amide bonds. The highest BCUT2D eigenvalue weighted by Crippen LogP contribution is 2.31. The molecule has 0 atom stereocenters. The minimum atomic E-state index is -0.567. The fourth-order valence-corrected chi connectivity index (χ4v) is 3.49. The molecule has 0 aromatic heterocycles. The lowest BCUT2D eigenvalue weighted by Crippen LogP contribution is -2.34. The van der Waals surface area contributed by atoms with Crippen LogP contribution in [0.5, 0.6) is 5.75 Å². The first-order valence-electron chi connectivity index (χ1n) is 9.30. The van der Waals surface area contributed by atoms with Crippen molar-refractivity contribution in [2.24, 2.45) is 0 Å². The second-order valence-corrected chi connectivity index (χ2v) is 7.35. The van der Waals surface area contributed by atoms with E-state index < -0.39 is 10.8 Å². The number of carbonyl (C=O) groups is 1. The molecule has 0 radical (unpaired) electrons. The largest absolute Gasteiger partial charge is 0.506 e. The second kappa shape index (κ2) is 8.87. The summed E-state index contributed by atoms with van der Waals surface area (Å²) in [5, 5.41) is 26.7. The summed E-state index contributed by atoms with van der Waals surface area (Å²) in [6.45, 7) is 3.38. The summed E-state index contributed by atoms with van der Waals surface area (Å²) in [4.78, 5) is 25.6. The van der Waals surface area contributed by atoms with E-state index in [9.17, 15) is 20.0 Å². The number of hydrogen-bond donors (Lipinski definition) is 3. The Morgan fingerprint density at radius 2 is 1.90 bits per heavy atom. The summed E-state index contributed by atoms with van der Waals surface area (Å²) < 4.78 is 0. The number of aromatic hydroxyl groups is 1. The van der Waals surface area contributed by atoms with Crippen molar-refractivity contribution in [2.45, 2.75) is 26.2 Å². The fraction of sp³-hybridized carbons (Fsp3) is 0.300. The van der Waals surface area contributed by atoms with E-state index in [4.69, 9.17) is 12.2 Å². The number of piperidine rings is 1. The normalized spacial score (nSPS) is 13.6. The predicted octanol–water partition coefficient (Wildman–Crippen LogP) is 3.73. The molecule has 3 N–H and O–H groups in total. The van der Waals surface area contributed by atoms with Gasteiger partial charge in [-0.2, -0.15) is 0 Å². The Labute approximate surface area is 173 Å². The summed E-state index contributed by atoms with van der Waals surface area (Å²) in [6, 6.07) is 9.38. The van der Waals surface area contributed by atoms with Gasteiger partial charge in [-0.05, 0) is 68.2 Å². The van der Waals surface area contributed by atoms with E-state index in [-0.39, 0.29) is 22.1 Å². The summed E-state index contributed by atoms with van der Waals surface area (Å²) >= 11 is 5.13. The molecule has 29 heavy (non-hydrogen) atoms. The number of nitro benzene ring substituents is 1. The molecule has 1 aliphatic heterocycles. The van der Waals surface area contributed by atoms with Crippen LogP contribution >= 0.6 is 12.2 Å². The molecule has 2 aromatic carbocycles. The summed E-state index contributed by atoms with van der Waals surface area (Å²) in [6.07, 6.45) is 3.10. The van der Waals surface area contributed by atoms with Gasteiger partial charge in [-0.1, -0.05) is 6.07 Å². The summed E-state index contributed by atoms with van der Waals surface area (Å²) in [5.74, 6) is -0.573. The van der Waals surface area contributed by atoms with Crippen molar-refractivity contribution < 1.29 is 14.8 Å². The van der Waals surface area contributed by atoms with E-state index in [1.165, 1.54) is 12.1 Å². The molecule has 0 spiro atoms. The predicted molar refractivity (Wildman–Crippen MR) is 116 cm³/mol. The minimum Gasteiger partial charge on any atom is -0.506 e. The van der Waals surface area contributed by atoms with Gasteiger partial charge in [0.05, 0.1) is 10.6 Å². The maximum atomic E-state index is 12.5. The average molecular weight is 414 g/mol. The van der Waals surface area contributed by atoms with Gasteiger partial charge >= 0.3 is 0 Å². The molecular formula is C20H22N4O4S. The number of amides is 1. The molecule has 1 saturated heterocycles. The first kappa shape index (κ1) is 20.5. The first-order valence-corrected chi connectivity index (χ1v) is 9.71. The Hall–Kier alpha value is -3.20. The number of thiocarbonyl (C=S) groups is 1. The average Bonchev–Trinajstić information content (AvgIpc) is 2.70. The lowest BCUT2D eigenvalue weighted by Gasteiger charge is -2.28. The van der Waals surface area contributed by atoms with Gasteiger partial charge in [0.25, 0.3) is 11.6 Å². The lowest BCUT2D eigenvalue weighted by atomic mass is 10.1. The van der Waals surface area contributed by atoms with Crippen LogP contribution in [-0.2, 0) is 0 Å². The van der Waals surface area contributed by atoms with Crippen LogP contribution in [-0.4, -0.2) is 34.1 Å². The molecule has 152 valence electrons. The van der Waals surface area contributed by atoms with Crippen molar-refractivity contribution in [1.29, 1.82) is 0 Å². The van der Waals surface area contributed by atoms with E-state index >= 15 is 0 Å². The van der Waals surface area contributed by atoms with Crippen molar-refractivity contribution in [3.63, 3.8) is 0 Å². The maximum absolute atomic E-state index is 12.5. The molecule has 0 saturated carbocycles. The standard InChI is InChI=1S/C20H22N4O4S/c1-13-5-8-18(25)15(11-13)21-20(29)22-19(26)14-6-7-16(17(12-14)24(27)28)23-9-3-2-4-10-23/h5-8,11-12,25H,2-4,9-10H2,1H3,(H2,21,22,26,29). The number of anilines is 2. The number of aryl methyl sites for hydroxylation is 1. The fourth-order valence-electron chi connectivity index (χ4n) is 3.29. The highest BCUT2D eigenvalue weighted by Gasteiger charge is 2.23. The molecule has 1 aliphatic rings. The Morgan fingerprint density at radius 3 is 2.59 bits per heavy atom. The zero-order valence-corrected chi connectivity index (χ0v) is 16.8. The smallest absolute Gasteiger partial charge is 0.293 e. The van der Waals surface area contributed by atoms with Gasteiger partial charge in [0, 0.05) is 24.7 Å². The number of rotatable bonds is 4. The Morgan fingerprint density at radius 1 is 1.17 bits per heavy atom. The Balaban J connectivity index is 1.74. The summed E-state index contributed by atoms with van der Waals surface area (Å²) in [7, 11) is 0. The molecule has 3 rings (SSSR count). The Kier molecular flexibility index (Phi) is 6.28. The number of phenolic OH excluding ortho intramolecular Hbond substituents is 1. The van der Waals surface area contributed by atoms with Crippen molar-refractivity contribution in [2.75, 3.05) is 23.3 Å². The van der Waals surface area contributed by atoms with Crippen LogP contribution in [0.2, 0.25) is 0 Å². The van der Waals surface area contributed by atoms with E-state index in [0.29, 0.717) is 11.4 Å². The van der Waals surface area contributed by atoms with Gasteiger partial charge < -0.3 is 15.3 Å². The quantitative estimate of drug-likeness (QED) is 0.303. The molecular weight excluding hydrogens is 392 g/mol. The lowest BCUT2D eigenvalue weighted by molar-refractivity contribution is -0.384. The molecule has 0 aliphatic carbocycles. The second-order valence-electron chi connectivity index (χ2n) is 6.94. The van der Waals surface area contributed by atoms with Crippen molar-refractivity contribution in [1.82, 2.24) is 5.32 Å². The number of nitrogens with zero attached hydrogens (tertiary/aromatic N) is 2. The molecule has 9 heteroatoms. The van der Waals surface area contributed by atoms with Gasteiger partial charge in [-0.3, -0.25) is 20.2 Å². The third-order valence-electron chi connectivity index (χ3n) is 4.76. The number of benzene rings is 2. The first-order chi connectivity index (χ1) is 13.8. The molecule has 1 fully saturated rings. The van der Waals surface area contributed by atoms with Crippen LogP contribution in [0.15, 0.2) is 36.4 Å². The van der Waals surface area contributed by atoms with Crippen molar-refractivity contribution in [3.05, 3.63) is 57.6 Å². The van der Waals surface area contributed by atoms with E-state index in [1.54, 1.807) is 24.3 Å². The highest BCUT2D eigenvalue weighted by atomic mass is 32.1. The van der Waals surface area contributed by atoms with Crippen LogP contribution in [0.3, 0.4) is 0 Å². The number of nitrogens with one attached hydrogen (secondary N) is 2. The van der Waals surface area contributed by atoms with E-state index in [2.05, 4.69) is 10.6 Å².